The molecular weight excluding hydrogens is 482 g/mol. The van der Waals surface area contributed by atoms with E-state index < -0.39 is 10.0 Å². The van der Waals surface area contributed by atoms with E-state index in [4.69, 9.17) is 0 Å². The van der Waals surface area contributed by atoms with Crippen LogP contribution < -0.4 is 0 Å². The standard InChI is InChI=1S/C18H16BrN3O3S3/c19-13-3-1-4-14(11-13)28(24,25)22-8-6-21(7-9-22)18(23)16-12-20-17(27-16)15-5-2-10-26-15/h1-5,10-12H,6-9H2. The highest BCUT2D eigenvalue weighted by Gasteiger charge is 2.31. The second-order valence-electron chi connectivity index (χ2n) is 6.16. The Morgan fingerprint density at radius 1 is 1.11 bits per heavy atom. The number of aromatic nitrogens is 1. The van der Waals surface area contributed by atoms with E-state index in [1.165, 1.54) is 15.6 Å². The summed E-state index contributed by atoms with van der Waals surface area (Å²) < 4.78 is 27.8. The minimum absolute atomic E-state index is 0.0974. The Hall–Kier alpha value is -1.59. The molecule has 6 nitrogen and oxygen atoms in total. The molecule has 146 valence electrons. The van der Waals surface area contributed by atoms with Crippen LogP contribution in [0, 0.1) is 0 Å². The molecule has 1 saturated heterocycles. The molecule has 0 atom stereocenters. The topological polar surface area (TPSA) is 70.6 Å². The Bertz CT molecular complexity index is 1090. The van der Waals surface area contributed by atoms with Gasteiger partial charge in [0.1, 0.15) is 9.88 Å². The summed E-state index contributed by atoms with van der Waals surface area (Å²) in [6.45, 7) is 1.27. The van der Waals surface area contributed by atoms with Crippen molar-refractivity contribution in [3.05, 3.63) is 57.3 Å². The molecule has 1 aliphatic rings. The van der Waals surface area contributed by atoms with Crippen molar-refractivity contribution in [2.24, 2.45) is 0 Å². The molecule has 1 aromatic carbocycles. The third-order valence-corrected chi connectivity index (χ3v) is 8.82. The number of amides is 1. The van der Waals surface area contributed by atoms with Crippen molar-refractivity contribution in [3.8, 4) is 9.88 Å². The van der Waals surface area contributed by atoms with E-state index in [2.05, 4.69) is 20.9 Å². The molecule has 3 aromatic rings. The van der Waals surface area contributed by atoms with E-state index in [0.29, 0.717) is 22.4 Å². The predicted molar refractivity (Wildman–Crippen MR) is 114 cm³/mol. The molecule has 0 saturated carbocycles. The van der Waals surface area contributed by atoms with Crippen molar-refractivity contribution >= 4 is 54.5 Å². The molecule has 0 spiro atoms. The number of hydrogen-bond acceptors (Lipinski definition) is 6. The number of nitrogens with zero attached hydrogens (tertiary/aromatic N) is 3. The van der Waals surface area contributed by atoms with Crippen molar-refractivity contribution in [1.29, 1.82) is 0 Å². The van der Waals surface area contributed by atoms with Crippen LogP contribution in [0.5, 0.6) is 0 Å². The highest BCUT2D eigenvalue weighted by molar-refractivity contribution is 9.10. The number of carbonyl (C=O) groups is 1. The molecule has 10 heteroatoms. The molecule has 0 unspecified atom stereocenters. The second-order valence-corrected chi connectivity index (χ2v) is 11.0. The van der Waals surface area contributed by atoms with Crippen LogP contribution in [0.4, 0.5) is 0 Å². The van der Waals surface area contributed by atoms with Gasteiger partial charge in [-0.2, -0.15) is 4.31 Å². The Morgan fingerprint density at radius 2 is 1.89 bits per heavy atom. The van der Waals surface area contributed by atoms with Crippen molar-refractivity contribution in [1.82, 2.24) is 14.2 Å². The molecule has 3 heterocycles. The zero-order valence-corrected chi connectivity index (χ0v) is 18.7. The number of hydrogen-bond donors (Lipinski definition) is 0. The van der Waals surface area contributed by atoms with Crippen LogP contribution in [-0.2, 0) is 10.0 Å². The third-order valence-electron chi connectivity index (χ3n) is 4.41. The Labute approximate surface area is 179 Å². The largest absolute Gasteiger partial charge is 0.335 e. The molecule has 4 rings (SSSR count). The average molecular weight is 498 g/mol. The van der Waals surface area contributed by atoms with Gasteiger partial charge in [0.15, 0.2) is 0 Å². The molecule has 0 N–H and O–H groups in total. The normalized spacial score (nSPS) is 15.7. The molecular formula is C18H16BrN3O3S3. The number of piperazine rings is 1. The molecule has 1 fully saturated rings. The summed E-state index contributed by atoms with van der Waals surface area (Å²) >= 11 is 6.26. The molecule has 0 radical (unpaired) electrons. The second kappa shape index (κ2) is 8.03. The molecule has 2 aromatic heterocycles. The van der Waals surface area contributed by atoms with Crippen LogP contribution in [0.2, 0.25) is 0 Å². The van der Waals surface area contributed by atoms with Gasteiger partial charge in [0.2, 0.25) is 10.0 Å². The first-order valence-corrected chi connectivity index (χ1v) is 12.4. The lowest BCUT2D eigenvalue weighted by atomic mass is 10.3. The quantitative estimate of drug-likeness (QED) is 0.549. The maximum absolute atomic E-state index is 12.8. The summed E-state index contributed by atoms with van der Waals surface area (Å²) in [5, 5.41) is 2.80. The van der Waals surface area contributed by atoms with Crippen molar-refractivity contribution < 1.29 is 13.2 Å². The van der Waals surface area contributed by atoms with Gasteiger partial charge in [-0.05, 0) is 29.6 Å². The van der Waals surface area contributed by atoms with E-state index in [9.17, 15) is 13.2 Å². The number of rotatable bonds is 4. The summed E-state index contributed by atoms with van der Waals surface area (Å²) in [6, 6.07) is 10.6. The van der Waals surface area contributed by atoms with E-state index in [0.717, 1.165) is 9.88 Å². The van der Waals surface area contributed by atoms with Crippen LogP contribution in [0.25, 0.3) is 9.88 Å². The van der Waals surface area contributed by atoms with Gasteiger partial charge < -0.3 is 4.90 Å². The highest BCUT2D eigenvalue weighted by atomic mass is 79.9. The van der Waals surface area contributed by atoms with Crippen LogP contribution >= 0.6 is 38.6 Å². The fourth-order valence-corrected chi connectivity index (χ4v) is 6.66. The van der Waals surface area contributed by atoms with E-state index >= 15 is 0 Å². The highest BCUT2D eigenvalue weighted by Crippen LogP contribution is 2.30. The minimum atomic E-state index is -3.57. The lowest BCUT2D eigenvalue weighted by molar-refractivity contribution is 0.0702. The summed E-state index contributed by atoms with van der Waals surface area (Å²) in [5.41, 5.74) is 0. The van der Waals surface area contributed by atoms with Gasteiger partial charge in [0.25, 0.3) is 5.91 Å². The zero-order valence-electron chi connectivity index (χ0n) is 14.6. The predicted octanol–water partition coefficient (Wildman–Crippen LogP) is 3.78. The van der Waals surface area contributed by atoms with Gasteiger partial charge in [0, 0.05) is 30.7 Å². The number of thiazole rings is 1. The van der Waals surface area contributed by atoms with Crippen LogP contribution in [-0.4, -0.2) is 54.7 Å². The first-order chi connectivity index (χ1) is 13.4. The summed E-state index contributed by atoms with van der Waals surface area (Å²) in [7, 11) is -3.57. The Kier molecular flexibility index (Phi) is 5.66. The van der Waals surface area contributed by atoms with Crippen molar-refractivity contribution in [3.63, 3.8) is 0 Å². The van der Waals surface area contributed by atoms with Crippen LogP contribution in [0.1, 0.15) is 9.67 Å². The Balaban J connectivity index is 1.43. The first-order valence-electron chi connectivity index (χ1n) is 8.50. The van der Waals surface area contributed by atoms with Crippen molar-refractivity contribution in [2.45, 2.75) is 4.90 Å². The average Bonchev–Trinajstić information content (AvgIpc) is 3.39. The molecule has 1 aliphatic heterocycles. The maximum atomic E-state index is 12.8. The molecule has 28 heavy (non-hydrogen) atoms. The maximum Gasteiger partial charge on any atom is 0.265 e. The SMILES string of the molecule is O=C(c1cnc(-c2cccs2)s1)N1CCN(S(=O)(=O)c2cccc(Br)c2)CC1. The summed E-state index contributed by atoms with van der Waals surface area (Å²) in [6.07, 6.45) is 1.60. The molecule has 0 aliphatic carbocycles. The van der Waals surface area contributed by atoms with Gasteiger partial charge in [-0.25, -0.2) is 13.4 Å². The summed E-state index contributed by atoms with van der Waals surface area (Å²) in [5.74, 6) is -0.0974. The van der Waals surface area contributed by atoms with Crippen LogP contribution in [0.3, 0.4) is 0 Å². The lowest BCUT2D eigenvalue weighted by Gasteiger charge is -2.33. The van der Waals surface area contributed by atoms with Gasteiger partial charge in [-0.3, -0.25) is 4.79 Å². The van der Waals surface area contributed by atoms with Gasteiger partial charge in [-0.15, -0.1) is 22.7 Å². The molecule has 0 bridgehead atoms. The van der Waals surface area contributed by atoms with Gasteiger partial charge in [-0.1, -0.05) is 28.1 Å². The van der Waals surface area contributed by atoms with E-state index in [1.54, 1.807) is 46.7 Å². The molecule has 1 amide bonds. The fourth-order valence-electron chi connectivity index (χ4n) is 2.95. The van der Waals surface area contributed by atoms with E-state index in [1.807, 2.05) is 17.5 Å². The Morgan fingerprint density at radius 3 is 2.57 bits per heavy atom. The lowest BCUT2D eigenvalue weighted by Crippen LogP contribution is -2.50. The number of halogens is 1. The van der Waals surface area contributed by atoms with E-state index in [-0.39, 0.29) is 23.9 Å². The first kappa shape index (κ1) is 19.7. The van der Waals surface area contributed by atoms with Gasteiger partial charge in [0.05, 0.1) is 16.0 Å². The number of benzene rings is 1. The zero-order chi connectivity index (χ0) is 19.7. The number of carbonyl (C=O) groups excluding carboxylic acids is 1. The monoisotopic (exact) mass is 497 g/mol. The number of thiophene rings is 1. The van der Waals surface area contributed by atoms with Crippen molar-refractivity contribution in [2.75, 3.05) is 26.2 Å². The third kappa shape index (κ3) is 3.92. The fraction of sp³-hybridized carbons (Fsp3) is 0.222. The summed E-state index contributed by atoms with van der Waals surface area (Å²) in [4.78, 5) is 20.7. The van der Waals surface area contributed by atoms with Gasteiger partial charge >= 0.3 is 0 Å². The number of sulfonamides is 1. The van der Waals surface area contributed by atoms with Crippen LogP contribution in [0.15, 0.2) is 57.3 Å². The smallest absolute Gasteiger partial charge is 0.265 e. The minimum Gasteiger partial charge on any atom is -0.335 e.